The second-order valence-electron chi connectivity index (χ2n) is 11.6. The Morgan fingerprint density at radius 2 is 1.18 bits per heavy atom. The van der Waals surface area contributed by atoms with Crippen molar-refractivity contribution in [3.8, 4) is 12.1 Å². The Hall–Kier alpha value is -4.96. The van der Waals surface area contributed by atoms with Crippen LogP contribution in [0.4, 0.5) is 0 Å². The Morgan fingerprint density at radius 1 is 0.768 bits per heavy atom. The van der Waals surface area contributed by atoms with Crippen LogP contribution in [0.1, 0.15) is 50.2 Å². The quantitative estimate of drug-likeness (QED) is 0.160. The first kappa shape index (κ1) is 45.4. The third-order valence-electron chi connectivity index (χ3n) is 7.50. The molecule has 0 spiro atoms. The number of rotatable bonds is 9. The molecule has 17 nitrogen and oxygen atoms in total. The number of carbonyl (C=O) groups is 2. The molecule has 2 aromatic carbocycles. The number of hydrogen-bond donors (Lipinski definition) is 1. The topological polar surface area (TPSA) is 271 Å². The van der Waals surface area contributed by atoms with Crippen molar-refractivity contribution in [2.24, 2.45) is 0 Å². The number of pyridine rings is 2. The van der Waals surface area contributed by atoms with Gasteiger partial charge in [-0.05, 0) is 54.4 Å². The maximum Gasteiger partial charge on any atom is 1.00 e. The number of hydrogen-bond acceptors (Lipinski definition) is 14. The van der Waals surface area contributed by atoms with Crippen LogP contribution in [0.15, 0.2) is 71.0 Å². The van der Waals surface area contributed by atoms with E-state index in [2.05, 4.69) is 20.2 Å². The van der Waals surface area contributed by atoms with E-state index in [1.807, 2.05) is 6.07 Å². The second-order valence-corrected chi connectivity index (χ2v) is 16.5. The average molecular weight is 850 g/mol. The van der Waals surface area contributed by atoms with Crippen molar-refractivity contribution in [1.29, 1.82) is 10.5 Å². The van der Waals surface area contributed by atoms with Gasteiger partial charge in [0.05, 0.1) is 50.6 Å². The molecule has 0 saturated carbocycles. The summed E-state index contributed by atoms with van der Waals surface area (Å²) in [7, 11) is -7.11. The van der Waals surface area contributed by atoms with Gasteiger partial charge in [-0.2, -0.15) is 20.7 Å². The van der Waals surface area contributed by atoms with E-state index in [0.29, 0.717) is 43.0 Å². The molecule has 0 aliphatic carbocycles. The van der Waals surface area contributed by atoms with Gasteiger partial charge in [-0.1, -0.05) is 23.2 Å². The fourth-order valence-electron chi connectivity index (χ4n) is 5.30. The average Bonchev–Trinajstić information content (AvgIpc) is 3.70. The van der Waals surface area contributed by atoms with Gasteiger partial charge in [-0.25, -0.2) is 26.4 Å². The summed E-state index contributed by atoms with van der Waals surface area (Å²) in [4.78, 5) is 31.4. The molecular weight excluding hydrogens is 822 g/mol. The summed E-state index contributed by atoms with van der Waals surface area (Å²) in [5, 5.41) is 37.1. The molecule has 6 rings (SSSR count). The van der Waals surface area contributed by atoms with Crippen LogP contribution in [-0.2, 0) is 37.5 Å². The van der Waals surface area contributed by atoms with Gasteiger partial charge in [-0.3, -0.25) is 19.3 Å². The molecule has 6 aromatic rings. The van der Waals surface area contributed by atoms with Gasteiger partial charge in [0.2, 0.25) is 0 Å². The number of sulfone groups is 2. The zero-order valence-corrected chi connectivity index (χ0v) is 34.9. The van der Waals surface area contributed by atoms with E-state index in [-0.39, 0.29) is 87.0 Å². The monoisotopic (exact) mass is 848 g/mol. The van der Waals surface area contributed by atoms with Crippen LogP contribution < -0.4 is 29.6 Å². The standard InChI is InChI=1S/C18H15ClN4O4S.C16H11ClN4O4S.Na.H2O/c1-3-27-18(24)14-10-23(22-15(14)7-20)9-11-4-12-6-13(19)8-21-17(12)16(5-11)28(2,25)26;1-26(24,25)14-3-9(2-10-4-11(17)6-19-15(10)14)7-21-8-12(16(22)23)13(5-18)20-21;;/h4-6,8,10H,3,9H2,1-2H3;2-4,6,8H,7H2,1H3,(H,22,23);;1H2/q;;+1;/p-1. The molecule has 0 atom stereocenters. The maximum absolute atomic E-state index is 12.2. The van der Waals surface area contributed by atoms with Gasteiger partial charge < -0.3 is 15.3 Å². The number of aromatic carboxylic acids is 1. The van der Waals surface area contributed by atoms with Crippen LogP contribution in [0.2, 0.25) is 10.0 Å². The Bertz CT molecular complexity index is 2820. The number of carboxylic acids is 1. The molecule has 0 amide bonds. The summed E-state index contributed by atoms with van der Waals surface area (Å²) in [6, 6.07) is 13.2. The summed E-state index contributed by atoms with van der Waals surface area (Å²) in [6.07, 6.45) is 7.55. The minimum Gasteiger partial charge on any atom is -0.870 e. The number of nitriles is 2. The number of ether oxygens (including phenoxy) is 1. The van der Waals surface area contributed by atoms with E-state index in [4.69, 9.17) is 38.3 Å². The summed E-state index contributed by atoms with van der Waals surface area (Å²) in [6.45, 7) is 2.05. The van der Waals surface area contributed by atoms with Crippen molar-refractivity contribution in [2.75, 3.05) is 19.1 Å². The molecule has 2 N–H and O–H groups in total. The molecular formula is C34H27Cl2N8NaO9S2. The normalized spacial score (nSPS) is 11.0. The Kier molecular flexibility index (Phi) is 14.9. The molecule has 0 aliphatic heterocycles. The number of halogens is 2. The Morgan fingerprint density at radius 3 is 1.54 bits per heavy atom. The van der Waals surface area contributed by atoms with Gasteiger partial charge in [0.25, 0.3) is 0 Å². The van der Waals surface area contributed by atoms with Crippen LogP contribution >= 0.6 is 23.2 Å². The summed E-state index contributed by atoms with van der Waals surface area (Å²) in [5.41, 5.74) is 1.31. The zero-order chi connectivity index (χ0) is 39.5. The molecule has 0 radical (unpaired) electrons. The minimum atomic E-state index is -3.56. The summed E-state index contributed by atoms with van der Waals surface area (Å²) < 4.78 is 56.2. The van der Waals surface area contributed by atoms with Gasteiger partial charge >= 0.3 is 41.5 Å². The van der Waals surface area contributed by atoms with Gasteiger partial charge in [0.15, 0.2) is 31.1 Å². The maximum atomic E-state index is 12.2. The first-order chi connectivity index (χ1) is 25.4. The molecule has 0 fully saturated rings. The number of fused-ring (bicyclic) bond motifs is 2. The van der Waals surface area contributed by atoms with E-state index in [1.165, 1.54) is 46.3 Å². The van der Waals surface area contributed by atoms with Gasteiger partial charge in [-0.15, -0.1) is 0 Å². The van der Waals surface area contributed by atoms with Crippen LogP contribution in [-0.4, -0.2) is 88.0 Å². The predicted octanol–water partition coefficient (Wildman–Crippen LogP) is 1.52. The number of benzene rings is 2. The van der Waals surface area contributed by atoms with Crippen molar-refractivity contribution < 1.29 is 71.3 Å². The third kappa shape index (κ3) is 10.5. The summed E-state index contributed by atoms with van der Waals surface area (Å²) in [5.74, 6) is -1.91. The Balaban J connectivity index is 0.000000291. The molecule has 4 aromatic heterocycles. The predicted molar refractivity (Wildman–Crippen MR) is 197 cm³/mol. The molecule has 56 heavy (non-hydrogen) atoms. The zero-order valence-electron chi connectivity index (χ0n) is 29.8. The van der Waals surface area contributed by atoms with Crippen molar-refractivity contribution in [2.45, 2.75) is 29.8 Å². The fraction of sp³-hybridized carbons (Fsp3) is 0.176. The number of nitrogens with zero attached hydrogens (tertiary/aromatic N) is 8. The van der Waals surface area contributed by atoms with E-state index in [9.17, 15) is 31.7 Å². The second kappa shape index (κ2) is 18.3. The van der Waals surface area contributed by atoms with Crippen LogP contribution in [0.25, 0.3) is 21.8 Å². The largest absolute Gasteiger partial charge is 1.00 e. The van der Waals surface area contributed by atoms with Gasteiger partial charge in [0.1, 0.15) is 23.3 Å². The third-order valence-corrected chi connectivity index (χ3v) is 10.1. The number of esters is 1. The first-order valence-electron chi connectivity index (χ1n) is 15.3. The summed E-state index contributed by atoms with van der Waals surface area (Å²) >= 11 is 11.9. The molecule has 0 saturated heterocycles. The van der Waals surface area contributed by atoms with Gasteiger partial charge in [0, 0.05) is 48.1 Å². The fourth-order valence-corrected chi connectivity index (χ4v) is 7.41. The van der Waals surface area contributed by atoms with Crippen molar-refractivity contribution in [3.05, 3.63) is 105 Å². The molecule has 0 aliphatic rings. The van der Waals surface area contributed by atoms with Crippen molar-refractivity contribution >= 4 is 76.6 Å². The SMILES string of the molecule is CCOC(=O)c1cn(Cc2cc(S(C)(=O)=O)c3ncc(Cl)cc3c2)nc1C#N.CS(=O)(=O)c1cc(Cn2cc(C(=O)O)c(C#N)n2)cc2cc(Cl)cnc12.[Na+].[OH-]. The smallest absolute Gasteiger partial charge is 0.870 e. The Labute approximate surface area is 351 Å². The van der Waals surface area contributed by atoms with Crippen LogP contribution in [0, 0.1) is 22.7 Å². The number of carbonyl (C=O) groups excluding carboxylic acids is 1. The van der Waals surface area contributed by atoms with E-state index in [1.54, 1.807) is 37.3 Å². The van der Waals surface area contributed by atoms with Crippen LogP contribution in [0.3, 0.4) is 0 Å². The van der Waals surface area contributed by atoms with Crippen molar-refractivity contribution in [1.82, 2.24) is 29.5 Å². The van der Waals surface area contributed by atoms with E-state index in [0.717, 1.165) is 12.5 Å². The number of carboxylic acid groups (broad SMARTS) is 1. The molecule has 4 heterocycles. The van der Waals surface area contributed by atoms with E-state index >= 15 is 0 Å². The van der Waals surface area contributed by atoms with Crippen molar-refractivity contribution in [3.63, 3.8) is 0 Å². The minimum absolute atomic E-state index is 0. The molecule has 22 heteroatoms. The number of aromatic nitrogens is 6. The molecule has 284 valence electrons. The first-order valence-corrected chi connectivity index (χ1v) is 19.9. The van der Waals surface area contributed by atoms with Crippen LogP contribution in [0.5, 0.6) is 0 Å². The molecule has 0 unspecified atom stereocenters. The van der Waals surface area contributed by atoms with E-state index < -0.39 is 31.6 Å². The molecule has 0 bridgehead atoms.